The van der Waals surface area contributed by atoms with E-state index in [2.05, 4.69) is 0 Å². The first kappa shape index (κ1) is 16.9. The minimum absolute atomic E-state index is 0.154. The van der Waals surface area contributed by atoms with Crippen LogP contribution in [0.1, 0.15) is 36.0 Å². The Labute approximate surface area is 140 Å². The molecule has 0 aromatic heterocycles. The van der Waals surface area contributed by atoms with Crippen LogP contribution in [-0.2, 0) is 24.3 Å². The van der Waals surface area contributed by atoms with Gasteiger partial charge in [-0.1, -0.05) is 6.42 Å². The maximum absolute atomic E-state index is 12.5. The molecule has 0 amide bonds. The lowest BCUT2D eigenvalue weighted by Crippen LogP contribution is -2.35. The van der Waals surface area contributed by atoms with Gasteiger partial charge in [0.1, 0.15) is 0 Å². The van der Waals surface area contributed by atoms with Crippen LogP contribution in [0.4, 0.5) is 0 Å². The minimum Gasteiger partial charge on any atom is -0.463 e. The van der Waals surface area contributed by atoms with E-state index in [1.807, 2.05) is 0 Å². The second-order valence-electron chi connectivity index (χ2n) is 5.84. The zero-order valence-corrected chi connectivity index (χ0v) is 14.0. The predicted molar refractivity (Wildman–Crippen MR) is 83.8 cm³/mol. The minimum atomic E-state index is -3.53. The highest BCUT2D eigenvalue weighted by Crippen LogP contribution is 2.21. The molecule has 24 heavy (non-hydrogen) atoms. The maximum Gasteiger partial charge on any atom is 0.347 e. The molecule has 7 nitrogen and oxygen atoms in total. The van der Waals surface area contributed by atoms with E-state index in [0.717, 1.165) is 19.3 Å². The van der Waals surface area contributed by atoms with E-state index < -0.39 is 28.1 Å². The van der Waals surface area contributed by atoms with E-state index in [0.29, 0.717) is 19.5 Å². The van der Waals surface area contributed by atoms with Crippen LogP contribution in [-0.4, -0.2) is 50.5 Å². The van der Waals surface area contributed by atoms with E-state index in [1.165, 1.54) is 28.6 Å². The Balaban J connectivity index is 1.70. The third-order valence-electron chi connectivity index (χ3n) is 4.18. The Morgan fingerprint density at radius 2 is 1.79 bits per heavy atom. The Morgan fingerprint density at radius 1 is 1.12 bits per heavy atom. The molecule has 0 bridgehead atoms. The maximum atomic E-state index is 12.5. The van der Waals surface area contributed by atoms with Crippen molar-refractivity contribution in [2.45, 2.75) is 36.7 Å². The molecule has 0 aliphatic carbocycles. The summed E-state index contributed by atoms with van der Waals surface area (Å²) in [6.07, 6.45) is 2.23. The molecule has 1 aromatic rings. The molecule has 0 radical (unpaired) electrons. The summed E-state index contributed by atoms with van der Waals surface area (Å²) in [4.78, 5) is 23.5. The second kappa shape index (κ2) is 6.90. The van der Waals surface area contributed by atoms with Crippen molar-refractivity contribution in [3.05, 3.63) is 29.8 Å². The Hall–Kier alpha value is -1.93. The molecule has 0 N–H and O–H groups in total. The highest BCUT2D eigenvalue weighted by atomic mass is 32.2. The van der Waals surface area contributed by atoms with E-state index in [1.54, 1.807) is 0 Å². The monoisotopic (exact) mass is 353 g/mol. The number of hydrogen-bond donors (Lipinski definition) is 0. The number of nitrogens with zero attached hydrogens (tertiary/aromatic N) is 1. The first-order valence-electron chi connectivity index (χ1n) is 7.96. The fourth-order valence-electron chi connectivity index (χ4n) is 2.80. The highest BCUT2D eigenvalue weighted by Gasteiger charge is 2.31. The van der Waals surface area contributed by atoms with Gasteiger partial charge >= 0.3 is 11.9 Å². The number of piperidine rings is 1. The van der Waals surface area contributed by atoms with Crippen molar-refractivity contribution in [1.29, 1.82) is 0 Å². The van der Waals surface area contributed by atoms with Crippen molar-refractivity contribution in [2.24, 2.45) is 0 Å². The molecule has 2 aliphatic heterocycles. The third-order valence-corrected chi connectivity index (χ3v) is 6.09. The molecule has 2 heterocycles. The summed E-state index contributed by atoms with van der Waals surface area (Å²) in [7, 11) is -3.53. The molecule has 3 rings (SSSR count). The molecular formula is C16H19NO6S. The average molecular weight is 353 g/mol. The Morgan fingerprint density at radius 3 is 2.38 bits per heavy atom. The molecule has 130 valence electrons. The van der Waals surface area contributed by atoms with Crippen LogP contribution in [0.3, 0.4) is 0 Å². The van der Waals surface area contributed by atoms with Crippen molar-refractivity contribution in [2.75, 3.05) is 19.7 Å². The summed E-state index contributed by atoms with van der Waals surface area (Å²) in [6.45, 7) is 1.29. The lowest BCUT2D eigenvalue weighted by Gasteiger charge is -2.25. The molecule has 1 atom stereocenters. The number of sulfonamides is 1. The van der Waals surface area contributed by atoms with Crippen molar-refractivity contribution in [3.8, 4) is 0 Å². The summed E-state index contributed by atoms with van der Waals surface area (Å²) >= 11 is 0. The fourth-order valence-corrected chi connectivity index (χ4v) is 4.32. The number of hydrogen-bond acceptors (Lipinski definition) is 6. The number of rotatable bonds is 4. The van der Waals surface area contributed by atoms with Crippen molar-refractivity contribution < 1.29 is 27.5 Å². The Bertz CT molecular complexity index is 721. The van der Waals surface area contributed by atoms with Crippen LogP contribution in [0.5, 0.6) is 0 Å². The highest BCUT2D eigenvalue weighted by molar-refractivity contribution is 7.89. The molecule has 2 aliphatic rings. The molecule has 2 fully saturated rings. The van der Waals surface area contributed by atoms with Gasteiger partial charge in [0, 0.05) is 19.5 Å². The molecule has 2 saturated heterocycles. The number of cyclic esters (lactones) is 1. The summed E-state index contributed by atoms with van der Waals surface area (Å²) in [5, 5.41) is 0. The molecule has 1 aromatic carbocycles. The molecule has 0 spiro atoms. The van der Waals surface area contributed by atoms with Crippen LogP contribution < -0.4 is 0 Å². The fraction of sp³-hybridized carbons (Fsp3) is 0.500. The summed E-state index contributed by atoms with van der Waals surface area (Å²) in [5.74, 6) is -1.21. The summed E-state index contributed by atoms with van der Waals surface area (Å²) in [6, 6.07) is 5.60. The van der Waals surface area contributed by atoms with Gasteiger partial charge in [-0.2, -0.15) is 4.31 Å². The first-order chi connectivity index (χ1) is 11.5. The predicted octanol–water partition coefficient (Wildman–Crippen LogP) is 1.33. The second-order valence-corrected chi connectivity index (χ2v) is 7.78. The van der Waals surface area contributed by atoms with E-state index in [4.69, 9.17) is 9.47 Å². The Kier molecular flexibility index (Phi) is 4.86. The van der Waals surface area contributed by atoms with Crippen molar-refractivity contribution >= 4 is 22.0 Å². The molecule has 8 heteroatoms. The summed E-state index contributed by atoms with van der Waals surface area (Å²) < 4.78 is 36.4. The summed E-state index contributed by atoms with van der Waals surface area (Å²) in [5.41, 5.74) is 0.201. The lowest BCUT2D eigenvalue weighted by atomic mass is 10.2. The van der Waals surface area contributed by atoms with Crippen molar-refractivity contribution in [3.63, 3.8) is 0 Å². The topological polar surface area (TPSA) is 90.0 Å². The number of ether oxygens (including phenoxy) is 2. The van der Waals surface area contributed by atoms with E-state index >= 15 is 0 Å². The average Bonchev–Trinajstić information content (AvgIpc) is 3.00. The zero-order valence-electron chi connectivity index (χ0n) is 13.1. The van der Waals surface area contributed by atoms with Crippen LogP contribution >= 0.6 is 0 Å². The van der Waals surface area contributed by atoms with Gasteiger partial charge in [-0.15, -0.1) is 0 Å². The smallest absolute Gasteiger partial charge is 0.347 e. The molecule has 1 unspecified atom stereocenters. The number of esters is 2. The number of benzene rings is 1. The van der Waals surface area contributed by atoms with Crippen LogP contribution in [0.25, 0.3) is 0 Å². The SMILES string of the molecule is O=C(OC1CCOC1=O)c1ccc(S(=O)(=O)N2CCCCC2)cc1. The number of carbonyl (C=O) groups is 2. The van der Waals surface area contributed by atoms with Crippen LogP contribution in [0.2, 0.25) is 0 Å². The van der Waals surface area contributed by atoms with Gasteiger partial charge in [0.05, 0.1) is 17.1 Å². The van der Waals surface area contributed by atoms with Crippen molar-refractivity contribution in [1.82, 2.24) is 4.31 Å². The van der Waals surface area contributed by atoms with Gasteiger partial charge in [-0.05, 0) is 37.1 Å². The molecular weight excluding hydrogens is 334 g/mol. The quantitative estimate of drug-likeness (QED) is 0.759. The van der Waals surface area contributed by atoms with Gasteiger partial charge in [0.25, 0.3) is 0 Å². The van der Waals surface area contributed by atoms with Gasteiger partial charge in [-0.25, -0.2) is 18.0 Å². The number of carbonyl (C=O) groups excluding carboxylic acids is 2. The van der Waals surface area contributed by atoms with Crippen LogP contribution in [0.15, 0.2) is 29.2 Å². The van der Waals surface area contributed by atoms with E-state index in [9.17, 15) is 18.0 Å². The molecule has 0 saturated carbocycles. The van der Waals surface area contributed by atoms with Gasteiger partial charge < -0.3 is 9.47 Å². The van der Waals surface area contributed by atoms with E-state index in [-0.39, 0.29) is 17.1 Å². The normalized spacial score (nSPS) is 22.2. The van der Waals surface area contributed by atoms with Gasteiger partial charge in [0.15, 0.2) is 0 Å². The van der Waals surface area contributed by atoms with Crippen LogP contribution in [0, 0.1) is 0 Å². The standard InChI is InChI=1S/C16H19NO6S/c18-15(23-14-8-11-22-16(14)19)12-4-6-13(7-5-12)24(20,21)17-9-2-1-3-10-17/h4-7,14H,1-3,8-11H2. The largest absolute Gasteiger partial charge is 0.463 e. The van der Waals surface area contributed by atoms with Gasteiger partial charge in [0.2, 0.25) is 16.1 Å². The third kappa shape index (κ3) is 3.44. The lowest BCUT2D eigenvalue weighted by molar-refractivity contribution is -0.145. The van der Waals surface area contributed by atoms with Gasteiger partial charge in [-0.3, -0.25) is 0 Å². The zero-order chi connectivity index (χ0) is 17.2. The first-order valence-corrected chi connectivity index (χ1v) is 9.40.